The molecule has 0 saturated heterocycles. The number of anilines is 1. The molecular formula is C12H18N2O2S. The maximum absolute atomic E-state index is 11.6. The first-order valence-electron chi connectivity index (χ1n) is 6.06. The topological polar surface area (TPSA) is 51.2 Å². The molecule has 0 spiro atoms. The summed E-state index contributed by atoms with van der Waals surface area (Å²) in [5, 5.41) is 4.21. The van der Waals surface area contributed by atoms with Gasteiger partial charge in [-0.1, -0.05) is 13.3 Å². The molecule has 1 fully saturated rings. The number of rotatable bonds is 5. The van der Waals surface area contributed by atoms with Gasteiger partial charge in [0.25, 0.3) is 0 Å². The Morgan fingerprint density at radius 1 is 1.59 bits per heavy atom. The summed E-state index contributed by atoms with van der Waals surface area (Å²) in [6.45, 7) is 6.29. The first kappa shape index (κ1) is 12.4. The summed E-state index contributed by atoms with van der Waals surface area (Å²) in [5.41, 5.74) is 0.452. The monoisotopic (exact) mass is 254 g/mol. The average Bonchev–Trinajstić information content (AvgIpc) is 2.93. The molecule has 1 heterocycles. The molecular weight excluding hydrogens is 236 g/mol. The molecule has 0 bridgehead atoms. The molecule has 0 aliphatic heterocycles. The maximum atomic E-state index is 11.6. The molecule has 2 unspecified atom stereocenters. The third kappa shape index (κ3) is 2.77. The Morgan fingerprint density at radius 3 is 2.94 bits per heavy atom. The van der Waals surface area contributed by atoms with Crippen molar-refractivity contribution in [2.75, 3.05) is 11.9 Å². The SMILES string of the molecule is CCOC(=O)c1nc(NC2CC2CC)sc1C. The second-order valence-electron chi connectivity index (χ2n) is 4.30. The van der Waals surface area contributed by atoms with Crippen LogP contribution in [0.4, 0.5) is 5.13 Å². The minimum Gasteiger partial charge on any atom is -0.461 e. The lowest BCUT2D eigenvalue weighted by atomic mass is 10.3. The van der Waals surface area contributed by atoms with Crippen LogP contribution in [0.3, 0.4) is 0 Å². The number of aromatic nitrogens is 1. The van der Waals surface area contributed by atoms with Gasteiger partial charge in [-0.05, 0) is 26.2 Å². The highest BCUT2D eigenvalue weighted by atomic mass is 32.1. The van der Waals surface area contributed by atoms with Gasteiger partial charge in [-0.25, -0.2) is 9.78 Å². The molecule has 1 aliphatic rings. The zero-order chi connectivity index (χ0) is 12.4. The number of aryl methyl sites for hydroxylation is 1. The lowest BCUT2D eigenvalue weighted by Gasteiger charge is -1.99. The van der Waals surface area contributed by atoms with E-state index in [1.165, 1.54) is 24.2 Å². The van der Waals surface area contributed by atoms with Crippen LogP contribution in [0.2, 0.25) is 0 Å². The van der Waals surface area contributed by atoms with E-state index >= 15 is 0 Å². The van der Waals surface area contributed by atoms with Crippen molar-refractivity contribution in [1.29, 1.82) is 0 Å². The van der Waals surface area contributed by atoms with Gasteiger partial charge in [0.05, 0.1) is 6.61 Å². The predicted octanol–water partition coefficient (Wildman–Crippen LogP) is 2.84. The van der Waals surface area contributed by atoms with Crippen LogP contribution in [0.25, 0.3) is 0 Å². The highest BCUT2D eigenvalue weighted by Crippen LogP contribution is 2.37. The molecule has 0 aromatic carbocycles. The van der Waals surface area contributed by atoms with Crippen LogP contribution in [0.15, 0.2) is 0 Å². The lowest BCUT2D eigenvalue weighted by molar-refractivity contribution is 0.0519. The second-order valence-corrected chi connectivity index (χ2v) is 5.50. The zero-order valence-electron chi connectivity index (χ0n) is 10.4. The molecule has 2 rings (SSSR count). The van der Waals surface area contributed by atoms with Crippen molar-refractivity contribution < 1.29 is 9.53 Å². The number of nitrogens with zero attached hydrogens (tertiary/aromatic N) is 1. The van der Waals surface area contributed by atoms with Crippen LogP contribution in [0, 0.1) is 12.8 Å². The number of carbonyl (C=O) groups is 1. The van der Waals surface area contributed by atoms with E-state index < -0.39 is 0 Å². The van der Waals surface area contributed by atoms with Gasteiger partial charge >= 0.3 is 5.97 Å². The normalized spacial score (nSPS) is 22.3. The minimum absolute atomic E-state index is 0.322. The molecule has 1 aromatic rings. The van der Waals surface area contributed by atoms with Crippen molar-refractivity contribution >= 4 is 22.4 Å². The summed E-state index contributed by atoms with van der Waals surface area (Å²) >= 11 is 1.53. The maximum Gasteiger partial charge on any atom is 0.358 e. The number of esters is 1. The quantitative estimate of drug-likeness (QED) is 0.821. The molecule has 1 aromatic heterocycles. The Morgan fingerprint density at radius 2 is 2.35 bits per heavy atom. The number of nitrogens with one attached hydrogen (secondary N) is 1. The van der Waals surface area contributed by atoms with Crippen molar-refractivity contribution in [2.24, 2.45) is 5.92 Å². The van der Waals surface area contributed by atoms with Gasteiger partial charge in [-0.2, -0.15) is 0 Å². The summed E-state index contributed by atoms with van der Waals surface area (Å²) in [7, 11) is 0. The van der Waals surface area contributed by atoms with Crippen LogP contribution in [-0.4, -0.2) is 23.6 Å². The number of ether oxygens (including phenoxy) is 1. The van der Waals surface area contributed by atoms with Gasteiger partial charge in [0.1, 0.15) is 0 Å². The van der Waals surface area contributed by atoms with E-state index in [1.54, 1.807) is 6.92 Å². The van der Waals surface area contributed by atoms with Crippen molar-refractivity contribution in [3.8, 4) is 0 Å². The van der Waals surface area contributed by atoms with Crippen LogP contribution in [-0.2, 0) is 4.74 Å². The number of hydrogen-bond acceptors (Lipinski definition) is 5. The van der Waals surface area contributed by atoms with E-state index in [4.69, 9.17) is 4.74 Å². The molecule has 0 radical (unpaired) electrons. The Kier molecular flexibility index (Phi) is 3.66. The molecule has 1 N–H and O–H groups in total. The van der Waals surface area contributed by atoms with Gasteiger partial charge in [-0.15, -0.1) is 11.3 Å². The van der Waals surface area contributed by atoms with Crippen molar-refractivity contribution in [3.05, 3.63) is 10.6 Å². The lowest BCUT2D eigenvalue weighted by Crippen LogP contribution is -2.08. The summed E-state index contributed by atoms with van der Waals surface area (Å²) in [4.78, 5) is 16.8. The number of carbonyl (C=O) groups excluding carboxylic acids is 1. The van der Waals surface area contributed by atoms with Crippen LogP contribution < -0.4 is 5.32 Å². The van der Waals surface area contributed by atoms with Crippen molar-refractivity contribution in [2.45, 2.75) is 39.7 Å². The van der Waals surface area contributed by atoms with Crippen LogP contribution in [0.5, 0.6) is 0 Å². The van der Waals surface area contributed by atoms with Crippen molar-refractivity contribution in [3.63, 3.8) is 0 Å². The smallest absolute Gasteiger partial charge is 0.358 e. The molecule has 2 atom stereocenters. The number of hydrogen-bond donors (Lipinski definition) is 1. The summed E-state index contributed by atoms with van der Waals surface area (Å²) in [5.74, 6) is 0.447. The molecule has 17 heavy (non-hydrogen) atoms. The van der Waals surface area contributed by atoms with E-state index in [0.717, 1.165) is 15.9 Å². The molecule has 5 heteroatoms. The third-order valence-corrected chi connectivity index (χ3v) is 3.92. The van der Waals surface area contributed by atoms with E-state index in [0.29, 0.717) is 18.3 Å². The van der Waals surface area contributed by atoms with Crippen LogP contribution >= 0.6 is 11.3 Å². The van der Waals surface area contributed by atoms with Gasteiger partial charge in [0.2, 0.25) is 0 Å². The Bertz CT molecular complexity index is 417. The minimum atomic E-state index is -0.322. The zero-order valence-corrected chi connectivity index (χ0v) is 11.3. The average molecular weight is 254 g/mol. The fourth-order valence-electron chi connectivity index (χ4n) is 1.88. The summed E-state index contributed by atoms with van der Waals surface area (Å²) in [6.07, 6.45) is 2.41. The van der Waals surface area contributed by atoms with Crippen LogP contribution in [0.1, 0.15) is 42.1 Å². The Balaban J connectivity index is 2.01. The highest BCUT2D eigenvalue weighted by molar-refractivity contribution is 7.15. The van der Waals surface area contributed by atoms with Gasteiger partial charge in [-0.3, -0.25) is 0 Å². The van der Waals surface area contributed by atoms with E-state index in [1.807, 2.05) is 6.92 Å². The fourth-order valence-corrected chi connectivity index (χ4v) is 2.74. The van der Waals surface area contributed by atoms with Gasteiger partial charge in [0.15, 0.2) is 10.8 Å². The van der Waals surface area contributed by atoms with Gasteiger partial charge in [0, 0.05) is 10.9 Å². The standard InChI is InChI=1S/C12H18N2O2S/c1-4-8-6-9(8)13-12-14-10(7(3)17-12)11(15)16-5-2/h8-9H,4-6H2,1-3H3,(H,13,14). The fraction of sp³-hybridized carbons (Fsp3) is 0.667. The summed E-state index contributed by atoms with van der Waals surface area (Å²) < 4.78 is 4.96. The van der Waals surface area contributed by atoms with E-state index in [2.05, 4.69) is 17.2 Å². The van der Waals surface area contributed by atoms with E-state index in [-0.39, 0.29) is 5.97 Å². The highest BCUT2D eigenvalue weighted by Gasteiger charge is 2.36. The first-order chi connectivity index (χ1) is 8.15. The van der Waals surface area contributed by atoms with E-state index in [9.17, 15) is 4.79 Å². The predicted molar refractivity (Wildman–Crippen MR) is 68.6 cm³/mol. The van der Waals surface area contributed by atoms with Gasteiger partial charge < -0.3 is 10.1 Å². The third-order valence-electron chi connectivity index (χ3n) is 3.02. The number of thiazole rings is 1. The Labute approximate surface area is 105 Å². The largest absolute Gasteiger partial charge is 0.461 e. The summed E-state index contributed by atoms with van der Waals surface area (Å²) in [6, 6.07) is 0.542. The molecule has 1 saturated carbocycles. The molecule has 4 nitrogen and oxygen atoms in total. The van der Waals surface area contributed by atoms with Crippen molar-refractivity contribution in [1.82, 2.24) is 4.98 Å². The first-order valence-corrected chi connectivity index (χ1v) is 6.88. The molecule has 1 aliphatic carbocycles. The molecule has 0 amide bonds. The molecule has 94 valence electrons. The second kappa shape index (κ2) is 5.04. The Hall–Kier alpha value is -1.10.